The third-order valence-corrected chi connectivity index (χ3v) is 5.87. The van der Waals surface area contributed by atoms with E-state index < -0.39 is 9.84 Å². The Labute approximate surface area is 123 Å². The predicted octanol–water partition coefficient (Wildman–Crippen LogP) is 0.551. The quantitative estimate of drug-likeness (QED) is 0.823. The van der Waals surface area contributed by atoms with Gasteiger partial charge < -0.3 is 15.0 Å². The number of sulfone groups is 1. The summed E-state index contributed by atoms with van der Waals surface area (Å²) in [5.41, 5.74) is 1.08. The molecule has 0 amide bonds. The van der Waals surface area contributed by atoms with Crippen LogP contribution in [0.1, 0.15) is 5.56 Å². The minimum Gasteiger partial charge on any atom is -0.497 e. The van der Waals surface area contributed by atoms with Gasteiger partial charge in [0.25, 0.3) is 0 Å². The maximum absolute atomic E-state index is 11.7. The molecule has 2 heterocycles. The Morgan fingerprint density at radius 1 is 1.35 bits per heavy atom. The Kier molecular flexibility index (Phi) is 3.33. The Morgan fingerprint density at radius 3 is 2.70 bits per heavy atom. The van der Waals surface area contributed by atoms with Crippen LogP contribution in [0.2, 0.25) is 0 Å². The summed E-state index contributed by atoms with van der Waals surface area (Å²) in [5.74, 6) is 1.16. The van der Waals surface area contributed by atoms with E-state index >= 15 is 0 Å². The van der Waals surface area contributed by atoms with E-state index in [9.17, 15) is 8.42 Å². The Morgan fingerprint density at radius 2 is 2.05 bits per heavy atom. The van der Waals surface area contributed by atoms with Crippen molar-refractivity contribution >= 4 is 27.2 Å². The number of hydrogen-bond acceptors (Lipinski definition) is 4. The second-order valence-electron chi connectivity index (χ2n) is 5.18. The van der Waals surface area contributed by atoms with Crippen molar-refractivity contribution in [1.82, 2.24) is 10.2 Å². The summed E-state index contributed by atoms with van der Waals surface area (Å²) >= 11 is 5.31. The number of nitrogens with zero attached hydrogens (tertiary/aromatic N) is 1. The van der Waals surface area contributed by atoms with E-state index in [2.05, 4.69) is 5.32 Å². The van der Waals surface area contributed by atoms with E-state index in [1.165, 1.54) is 0 Å². The van der Waals surface area contributed by atoms with Crippen molar-refractivity contribution in [2.45, 2.75) is 18.6 Å². The summed E-state index contributed by atoms with van der Waals surface area (Å²) in [7, 11) is -1.32. The van der Waals surface area contributed by atoms with E-state index in [-0.39, 0.29) is 23.6 Å². The molecule has 2 fully saturated rings. The molecule has 1 aromatic carbocycles. The predicted molar refractivity (Wildman–Crippen MR) is 80.5 cm³/mol. The van der Waals surface area contributed by atoms with Crippen molar-refractivity contribution in [1.29, 1.82) is 0 Å². The van der Waals surface area contributed by atoms with Crippen LogP contribution in [0, 0.1) is 0 Å². The van der Waals surface area contributed by atoms with E-state index in [0.29, 0.717) is 11.7 Å². The molecule has 1 N–H and O–H groups in total. The smallest absolute Gasteiger partial charge is 0.169 e. The molecule has 3 rings (SSSR count). The lowest BCUT2D eigenvalue weighted by Crippen LogP contribution is -2.36. The monoisotopic (exact) mass is 312 g/mol. The number of rotatable bonds is 3. The van der Waals surface area contributed by atoms with Crippen molar-refractivity contribution in [3.05, 3.63) is 29.8 Å². The summed E-state index contributed by atoms with van der Waals surface area (Å²) in [5, 5.41) is 3.76. The molecule has 0 unspecified atom stereocenters. The molecule has 0 bridgehead atoms. The number of thiocarbonyl (C=S) groups is 1. The molecule has 0 aromatic heterocycles. The van der Waals surface area contributed by atoms with Gasteiger partial charge in [-0.15, -0.1) is 0 Å². The minimum absolute atomic E-state index is 0.0467. The molecule has 2 aliphatic heterocycles. The van der Waals surface area contributed by atoms with Crippen LogP contribution in [0.15, 0.2) is 24.3 Å². The van der Waals surface area contributed by atoms with E-state index in [4.69, 9.17) is 17.0 Å². The highest BCUT2D eigenvalue weighted by atomic mass is 32.2. The first-order valence-electron chi connectivity index (χ1n) is 6.39. The highest BCUT2D eigenvalue weighted by Gasteiger charge is 2.46. The molecule has 0 saturated carbocycles. The molecule has 0 aliphatic carbocycles. The maximum atomic E-state index is 11.7. The molecule has 7 heteroatoms. The fourth-order valence-electron chi connectivity index (χ4n) is 2.78. The summed E-state index contributed by atoms with van der Waals surface area (Å²) in [6.07, 6.45) is 0. The van der Waals surface area contributed by atoms with Gasteiger partial charge in [-0.05, 0) is 29.9 Å². The van der Waals surface area contributed by atoms with E-state index in [1.807, 2.05) is 29.2 Å². The molecular weight excluding hydrogens is 296 g/mol. The molecule has 0 spiro atoms. The average molecular weight is 312 g/mol. The zero-order valence-electron chi connectivity index (χ0n) is 11.1. The van der Waals surface area contributed by atoms with Gasteiger partial charge >= 0.3 is 0 Å². The molecule has 2 atom stereocenters. The normalized spacial score (nSPS) is 27.2. The summed E-state index contributed by atoms with van der Waals surface area (Å²) < 4.78 is 28.5. The fraction of sp³-hybridized carbons (Fsp3) is 0.462. The zero-order chi connectivity index (χ0) is 14.3. The molecule has 20 heavy (non-hydrogen) atoms. The van der Waals surface area contributed by atoms with Crippen LogP contribution < -0.4 is 10.1 Å². The van der Waals surface area contributed by atoms with Gasteiger partial charge in [0.2, 0.25) is 0 Å². The maximum Gasteiger partial charge on any atom is 0.169 e. The number of ether oxygens (including phenoxy) is 1. The summed E-state index contributed by atoms with van der Waals surface area (Å²) in [6, 6.07) is 7.62. The third kappa shape index (κ3) is 2.47. The summed E-state index contributed by atoms with van der Waals surface area (Å²) in [6.45, 7) is 0.618. The van der Waals surface area contributed by atoms with Crippen LogP contribution in [-0.2, 0) is 16.4 Å². The number of methoxy groups -OCH3 is 1. The Hall–Kier alpha value is -1.34. The summed E-state index contributed by atoms with van der Waals surface area (Å²) in [4.78, 5) is 1.98. The van der Waals surface area contributed by atoms with Crippen LogP contribution >= 0.6 is 12.2 Å². The van der Waals surface area contributed by atoms with Crippen LogP contribution in [-0.4, -0.2) is 49.1 Å². The average Bonchev–Trinajstić information content (AvgIpc) is 2.84. The number of fused-ring (bicyclic) bond motifs is 1. The van der Waals surface area contributed by atoms with Crippen molar-refractivity contribution in [2.24, 2.45) is 0 Å². The van der Waals surface area contributed by atoms with Crippen LogP contribution in [0.25, 0.3) is 0 Å². The SMILES string of the molecule is COc1ccc(CN2C(=S)N[C@@H]3CS(=O)(=O)C[C@H]32)cc1. The number of nitrogens with one attached hydrogen (secondary N) is 1. The van der Waals surface area contributed by atoms with Gasteiger partial charge in [0.05, 0.1) is 30.7 Å². The topological polar surface area (TPSA) is 58.6 Å². The van der Waals surface area contributed by atoms with Crippen LogP contribution in [0.4, 0.5) is 0 Å². The largest absolute Gasteiger partial charge is 0.497 e. The first-order valence-corrected chi connectivity index (χ1v) is 8.62. The first kappa shape index (κ1) is 13.6. The van der Waals surface area contributed by atoms with Gasteiger partial charge in [0.1, 0.15) is 5.75 Å². The second kappa shape index (κ2) is 4.89. The van der Waals surface area contributed by atoms with Gasteiger partial charge in [-0.3, -0.25) is 0 Å². The standard InChI is InChI=1S/C13H16N2O3S2/c1-18-10-4-2-9(3-5-10)6-15-12-8-20(16,17)7-11(12)14-13(15)19/h2-5,11-12H,6-8H2,1H3,(H,14,19)/t11-,12-/m1/s1. The Balaban J connectivity index is 1.77. The number of hydrogen-bond donors (Lipinski definition) is 1. The van der Waals surface area contributed by atoms with E-state index in [0.717, 1.165) is 11.3 Å². The van der Waals surface area contributed by atoms with Gasteiger partial charge in [0.15, 0.2) is 14.9 Å². The van der Waals surface area contributed by atoms with Crippen molar-refractivity contribution in [3.63, 3.8) is 0 Å². The molecule has 0 radical (unpaired) electrons. The van der Waals surface area contributed by atoms with Gasteiger partial charge in [-0.25, -0.2) is 8.42 Å². The lowest BCUT2D eigenvalue weighted by molar-refractivity contribution is 0.348. The zero-order valence-corrected chi connectivity index (χ0v) is 12.7. The molecule has 2 saturated heterocycles. The minimum atomic E-state index is -2.95. The first-order chi connectivity index (χ1) is 9.48. The van der Waals surface area contributed by atoms with Crippen LogP contribution in [0.5, 0.6) is 5.75 Å². The van der Waals surface area contributed by atoms with Gasteiger partial charge in [-0.1, -0.05) is 12.1 Å². The fourth-order valence-corrected chi connectivity index (χ4v) is 5.06. The lowest BCUT2D eigenvalue weighted by Gasteiger charge is -2.23. The highest BCUT2D eigenvalue weighted by molar-refractivity contribution is 7.91. The third-order valence-electron chi connectivity index (χ3n) is 3.80. The molecule has 1 aromatic rings. The van der Waals surface area contributed by atoms with E-state index in [1.54, 1.807) is 7.11 Å². The number of benzene rings is 1. The molecule has 108 valence electrons. The Bertz CT molecular complexity index is 628. The van der Waals surface area contributed by atoms with Crippen molar-refractivity contribution < 1.29 is 13.2 Å². The second-order valence-corrected chi connectivity index (χ2v) is 7.72. The van der Waals surface area contributed by atoms with Crippen LogP contribution in [0.3, 0.4) is 0 Å². The molecule has 2 aliphatic rings. The highest BCUT2D eigenvalue weighted by Crippen LogP contribution is 2.26. The van der Waals surface area contributed by atoms with Crippen molar-refractivity contribution in [2.75, 3.05) is 18.6 Å². The van der Waals surface area contributed by atoms with Gasteiger partial charge in [-0.2, -0.15) is 0 Å². The molecule has 5 nitrogen and oxygen atoms in total. The van der Waals surface area contributed by atoms with Gasteiger partial charge in [0, 0.05) is 6.54 Å². The lowest BCUT2D eigenvalue weighted by atomic mass is 10.1. The van der Waals surface area contributed by atoms with Crippen molar-refractivity contribution in [3.8, 4) is 5.75 Å². The molecular formula is C13H16N2O3S2.